The Morgan fingerprint density at radius 2 is 1.71 bits per heavy atom. The van der Waals surface area contributed by atoms with Gasteiger partial charge in [-0.15, -0.1) is 0 Å². The zero-order chi connectivity index (χ0) is 20.4. The number of nitrogens with one attached hydrogen (secondary N) is 1. The topological polar surface area (TPSA) is 65.6 Å². The summed E-state index contributed by atoms with van der Waals surface area (Å²) in [4.78, 5) is 32.4. The fraction of sp³-hybridized carbons (Fsp3) is 0.455. The third kappa shape index (κ3) is 3.83. The van der Waals surface area contributed by atoms with E-state index < -0.39 is 5.97 Å². The van der Waals surface area contributed by atoms with Gasteiger partial charge >= 0.3 is 5.97 Å². The van der Waals surface area contributed by atoms with Gasteiger partial charge in [0, 0.05) is 37.6 Å². The van der Waals surface area contributed by atoms with Crippen molar-refractivity contribution in [2.24, 2.45) is 0 Å². The van der Waals surface area contributed by atoms with Gasteiger partial charge in [0.25, 0.3) is 0 Å². The third-order valence-corrected chi connectivity index (χ3v) is 5.76. The first-order valence-electron chi connectivity index (χ1n) is 9.67. The van der Waals surface area contributed by atoms with E-state index in [2.05, 4.69) is 46.8 Å². The first-order chi connectivity index (χ1) is 13.3. The van der Waals surface area contributed by atoms with E-state index in [0.29, 0.717) is 29.1 Å². The summed E-state index contributed by atoms with van der Waals surface area (Å²) in [5.41, 5.74) is 6.22. The SMILES string of the molecule is COC(=O)c1c(C)[nH]c(C(=O)CN2CCN(c3cccc(C)c3C)CC2)c1C. The van der Waals surface area contributed by atoms with Gasteiger partial charge in [0.15, 0.2) is 5.78 Å². The average molecular weight is 383 g/mol. The molecule has 0 bridgehead atoms. The molecular formula is C22H29N3O3. The molecule has 1 aromatic heterocycles. The number of aromatic amines is 1. The van der Waals surface area contributed by atoms with Crippen molar-refractivity contribution in [3.63, 3.8) is 0 Å². The van der Waals surface area contributed by atoms with Crippen molar-refractivity contribution in [2.75, 3.05) is 44.7 Å². The minimum absolute atomic E-state index is 0.0101. The molecule has 150 valence electrons. The van der Waals surface area contributed by atoms with E-state index in [1.807, 2.05) is 0 Å². The van der Waals surface area contributed by atoms with E-state index in [9.17, 15) is 9.59 Å². The molecule has 6 heteroatoms. The lowest BCUT2D eigenvalue weighted by molar-refractivity contribution is 0.0599. The lowest BCUT2D eigenvalue weighted by Gasteiger charge is -2.36. The Hall–Kier alpha value is -2.60. The van der Waals surface area contributed by atoms with Crippen LogP contribution in [-0.2, 0) is 4.74 Å². The van der Waals surface area contributed by atoms with Gasteiger partial charge < -0.3 is 14.6 Å². The number of methoxy groups -OCH3 is 1. The number of anilines is 1. The van der Waals surface area contributed by atoms with Crippen molar-refractivity contribution in [2.45, 2.75) is 27.7 Å². The lowest BCUT2D eigenvalue weighted by atomic mass is 10.1. The highest BCUT2D eigenvalue weighted by molar-refractivity contribution is 6.02. The number of hydrogen-bond acceptors (Lipinski definition) is 5. The number of carbonyl (C=O) groups is 2. The molecule has 3 rings (SSSR count). The van der Waals surface area contributed by atoms with Gasteiger partial charge in [-0.25, -0.2) is 4.79 Å². The largest absolute Gasteiger partial charge is 0.465 e. The van der Waals surface area contributed by atoms with Crippen LogP contribution in [0.3, 0.4) is 0 Å². The molecule has 1 aliphatic heterocycles. The minimum Gasteiger partial charge on any atom is -0.465 e. The molecule has 1 fully saturated rings. The number of aryl methyl sites for hydroxylation is 2. The summed E-state index contributed by atoms with van der Waals surface area (Å²) in [6, 6.07) is 6.41. The number of esters is 1. The predicted molar refractivity (Wildman–Crippen MR) is 111 cm³/mol. The van der Waals surface area contributed by atoms with Gasteiger partial charge in [0.2, 0.25) is 0 Å². The van der Waals surface area contributed by atoms with Crippen LogP contribution in [-0.4, -0.2) is 61.5 Å². The summed E-state index contributed by atoms with van der Waals surface area (Å²) in [5, 5.41) is 0. The molecule has 0 amide bonds. The highest BCUT2D eigenvalue weighted by Gasteiger charge is 2.25. The number of rotatable bonds is 5. The van der Waals surface area contributed by atoms with Crippen LogP contribution in [0, 0.1) is 27.7 Å². The van der Waals surface area contributed by atoms with Gasteiger partial charge in [0.05, 0.1) is 24.9 Å². The maximum atomic E-state index is 12.8. The van der Waals surface area contributed by atoms with Crippen molar-refractivity contribution in [1.82, 2.24) is 9.88 Å². The number of piperazine rings is 1. The maximum Gasteiger partial charge on any atom is 0.339 e. The Labute approximate surface area is 166 Å². The molecule has 0 radical (unpaired) electrons. The third-order valence-electron chi connectivity index (χ3n) is 5.76. The molecule has 0 saturated carbocycles. The Bertz CT molecular complexity index is 893. The molecule has 2 aromatic rings. The number of ether oxygens (including phenoxy) is 1. The lowest BCUT2D eigenvalue weighted by Crippen LogP contribution is -2.48. The van der Waals surface area contributed by atoms with Crippen LogP contribution in [0.15, 0.2) is 18.2 Å². The van der Waals surface area contributed by atoms with Crippen molar-refractivity contribution in [1.29, 1.82) is 0 Å². The molecule has 1 saturated heterocycles. The Kier molecular flexibility index (Phi) is 5.89. The molecule has 0 spiro atoms. The summed E-state index contributed by atoms with van der Waals surface area (Å²) in [5.74, 6) is -0.400. The fourth-order valence-electron chi connectivity index (χ4n) is 3.94. The molecule has 28 heavy (non-hydrogen) atoms. The number of ketones is 1. The van der Waals surface area contributed by atoms with Crippen LogP contribution in [0.1, 0.15) is 43.2 Å². The molecule has 0 atom stereocenters. The van der Waals surface area contributed by atoms with E-state index in [1.54, 1.807) is 13.8 Å². The van der Waals surface area contributed by atoms with Crippen LogP contribution in [0.25, 0.3) is 0 Å². The highest BCUT2D eigenvalue weighted by atomic mass is 16.5. The summed E-state index contributed by atoms with van der Waals surface area (Å²) in [6.07, 6.45) is 0. The van der Waals surface area contributed by atoms with Crippen molar-refractivity contribution >= 4 is 17.4 Å². The molecule has 0 unspecified atom stereocenters. The maximum absolute atomic E-state index is 12.8. The zero-order valence-corrected chi connectivity index (χ0v) is 17.4. The van der Waals surface area contributed by atoms with Gasteiger partial charge in [0.1, 0.15) is 0 Å². The van der Waals surface area contributed by atoms with Crippen molar-refractivity contribution in [3.05, 3.63) is 51.8 Å². The van der Waals surface area contributed by atoms with E-state index in [-0.39, 0.29) is 5.78 Å². The van der Waals surface area contributed by atoms with E-state index in [0.717, 1.165) is 26.2 Å². The predicted octanol–water partition coefficient (Wildman–Crippen LogP) is 3.04. The van der Waals surface area contributed by atoms with Crippen LogP contribution >= 0.6 is 0 Å². The Morgan fingerprint density at radius 3 is 2.36 bits per heavy atom. The smallest absolute Gasteiger partial charge is 0.339 e. The Morgan fingerprint density at radius 1 is 1.04 bits per heavy atom. The van der Waals surface area contributed by atoms with Gasteiger partial charge in [-0.1, -0.05) is 12.1 Å². The van der Waals surface area contributed by atoms with E-state index in [4.69, 9.17) is 4.74 Å². The quantitative estimate of drug-likeness (QED) is 0.635. The molecule has 1 N–H and O–H groups in total. The first-order valence-corrected chi connectivity index (χ1v) is 9.67. The van der Waals surface area contributed by atoms with Crippen LogP contribution in [0.4, 0.5) is 5.69 Å². The number of aromatic nitrogens is 1. The number of Topliss-reactive ketones (excluding diaryl/α,β-unsaturated/α-hetero) is 1. The number of carbonyl (C=O) groups excluding carboxylic acids is 2. The average Bonchev–Trinajstić information content (AvgIpc) is 2.98. The van der Waals surface area contributed by atoms with Crippen LogP contribution in [0.2, 0.25) is 0 Å². The van der Waals surface area contributed by atoms with Gasteiger partial charge in [-0.3, -0.25) is 9.69 Å². The van der Waals surface area contributed by atoms with Crippen molar-refractivity contribution in [3.8, 4) is 0 Å². The molecule has 1 aliphatic rings. The standard InChI is InChI=1S/C22H29N3O3/c1-14-7-6-8-18(15(14)2)25-11-9-24(10-12-25)13-19(26)21-16(3)20(17(4)23-21)22(27)28-5/h6-8,23H,9-13H2,1-5H3. The van der Waals surface area contributed by atoms with Crippen LogP contribution in [0.5, 0.6) is 0 Å². The van der Waals surface area contributed by atoms with E-state index in [1.165, 1.54) is 23.9 Å². The zero-order valence-electron chi connectivity index (χ0n) is 17.4. The Balaban J connectivity index is 1.64. The number of hydrogen-bond donors (Lipinski definition) is 1. The molecule has 6 nitrogen and oxygen atoms in total. The number of benzene rings is 1. The second kappa shape index (κ2) is 8.19. The molecule has 0 aliphatic carbocycles. The normalized spacial score (nSPS) is 15.0. The van der Waals surface area contributed by atoms with Crippen LogP contribution < -0.4 is 4.90 Å². The van der Waals surface area contributed by atoms with E-state index >= 15 is 0 Å². The molecule has 1 aromatic carbocycles. The van der Waals surface area contributed by atoms with Gasteiger partial charge in [-0.05, 0) is 50.5 Å². The van der Waals surface area contributed by atoms with Crippen molar-refractivity contribution < 1.29 is 14.3 Å². The second-order valence-corrected chi connectivity index (χ2v) is 7.52. The monoisotopic (exact) mass is 383 g/mol. The highest BCUT2D eigenvalue weighted by Crippen LogP contribution is 2.24. The minimum atomic E-state index is -0.410. The first kappa shape index (κ1) is 20.1. The van der Waals surface area contributed by atoms with Gasteiger partial charge in [-0.2, -0.15) is 0 Å². The fourth-order valence-corrected chi connectivity index (χ4v) is 3.94. The molecular weight excluding hydrogens is 354 g/mol. The number of nitrogens with zero attached hydrogens (tertiary/aromatic N) is 2. The summed E-state index contributed by atoms with van der Waals surface area (Å²) >= 11 is 0. The summed E-state index contributed by atoms with van der Waals surface area (Å²) < 4.78 is 4.83. The summed E-state index contributed by atoms with van der Waals surface area (Å²) in [6.45, 7) is 11.7. The molecule has 2 heterocycles. The number of H-pyrrole nitrogens is 1. The summed E-state index contributed by atoms with van der Waals surface area (Å²) in [7, 11) is 1.35. The second-order valence-electron chi connectivity index (χ2n) is 7.52.